The number of fused-ring (bicyclic) bond motifs is 1. The van der Waals surface area contributed by atoms with E-state index in [2.05, 4.69) is 9.88 Å². The zero-order valence-electron chi connectivity index (χ0n) is 24.2. The minimum atomic E-state index is -1.05. The molecule has 1 amide bonds. The minimum absolute atomic E-state index is 0.0589. The third kappa shape index (κ3) is 6.84. The van der Waals surface area contributed by atoms with Crippen molar-refractivity contribution < 1.29 is 14.3 Å². The molecule has 2 saturated heterocycles. The van der Waals surface area contributed by atoms with Crippen molar-refractivity contribution in [3.05, 3.63) is 99.1 Å². The molecular weight excluding hydrogens is 637 g/mol. The second kappa shape index (κ2) is 13.9. The highest BCUT2D eigenvalue weighted by Crippen LogP contribution is 2.55. The van der Waals surface area contributed by atoms with Crippen molar-refractivity contribution in [1.29, 1.82) is 0 Å². The number of hydrogen-bond acceptors (Lipinski definition) is 5. The van der Waals surface area contributed by atoms with Gasteiger partial charge in [-0.05, 0) is 73.5 Å². The molecule has 44 heavy (non-hydrogen) atoms. The summed E-state index contributed by atoms with van der Waals surface area (Å²) in [7, 11) is 0. The largest absolute Gasteiger partial charge is 0.379 e. The lowest BCUT2D eigenvalue weighted by Crippen LogP contribution is -2.42. The molecule has 2 atom stereocenters. The van der Waals surface area contributed by atoms with Gasteiger partial charge in [0.25, 0.3) is 0 Å². The maximum atomic E-state index is 14.7. The molecule has 6 rings (SSSR count). The van der Waals surface area contributed by atoms with Crippen LogP contribution in [0.1, 0.15) is 42.9 Å². The lowest BCUT2D eigenvalue weighted by atomic mass is 9.86. The molecular formula is C34H34Cl3N3O3S. The lowest BCUT2D eigenvalue weighted by molar-refractivity contribution is -0.129. The number of ketones is 1. The Morgan fingerprint density at radius 2 is 1.61 bits per heavy atom. The number of H-pyrrole nitrogens is 1. The van der Waals surface area contributed by atoms with E-state index in [1.54, 1.807) is 0 Å². The number of rotatable bonds is 11. The number of aromatic nitrogens is 1. The van der Waals surface area contributed by atoms with E-state index in [0.29, 0.717) is 28.0 Å². The number of amides is 1. The van der Waals surface area contributed by atoms with E-state index in [-0.39, 0.29) is 18.1 Å². The van der Waals surface area contributed by atoms with E-state index < -0.39 is 10.8 Å². The number of nitrogens with zero attached hydrogens (tertiary/aromatic N) is 2. The zero-order valence-corrected chi connectivity index (χ0v) is 27.3. The standard InChI is InChI=1S/C34H34Cl3N3O3S/c35-24-6-4-23(5-7-24)22-40-32(42)20-34(44-27-11-8-25(36)9-12-27,31(41)3-1-2-14-39-15-17-43-18-16-39)33(40)29-21-38-30-19-26(37)10-13-28(29)30/h4-13,19,21,33,38H,1-3,14-18,20,22H2/t33-,34+/m0/s1. The van der Waals surface area contributed by atoms with Crippen molar-refractivity contribution >= 4 is 69.2 Å². The van der Waals surface area contributed by atoms with E-state index in [1.807, 2.05) is 77.8 Å². The molecule has 0 unspecified atom stereocenters. The summed E-state index contributed by atoms with van der Waals surface area (Å²) in [5, 5.41) is 2.81. The lowest BCUT2D eigenvalue weighted by Gasteiger charge is -2.36. The first-order valence-corrected chi connectivity index (χ1v) is 16.9. The van der Waals surface area contributed by atoms with Crippen LogP contribution in [-0.4, -0.2) is 64.1 Å². The summed E-state index contributed by atoms with van der Waals surface area (Å²) in [5.41, 5.74) is 2.71. The number of benzene rings is 3. The van der Waals surface area contributed by atoms with Crippen LogP contribution in [-0.2, 0) is 20.9 Å². The molecule has 4 aromatic rings. The fraction of sp³-hybridized carbons (Fsp3) is 0.353. The van der Waals surface area contributed by atoms with Crippen molar-refractivity contribution in [3.8, 4) is 0 Å². The number of carbonyl (C=O) groups excluding carboxylic acids is 2. The molecule has 2 fully saturated rings. The summed E-state index contributed by atoms with van der Waals surface area (Å²) in [5.74, 6) is 0.0242. The highest BCUT2D eigenvalue weighted by Gasteiger charge is 2.57. The first-order valence-electron chi connectivity index (χ1n) is 14.9. The van der Waals surface area contributed by atoms with Gasteiger partial charge in [0, 0.05) is 68.7 Å². The van der Waals surface area contributed by atoms with E-state index in [4.69, 9.17) is 39.5 Å². The normalized spacial score (nSPS) is 20.9. The fourth-order valence-corrected chi connectivity index (χ4v) is 8.22. The van der Waals surface area contributed by atoms with E-state index >= 15 is 0 Å². The molecule has 0 radical (unpaired) electrons. The van der Waals surface area contributed by atoms with Gasteiger partial charge in [0.05, 0.1) is 25.7 Å². The Bertz CT molecular complexity index is 1620. The molecule has 2 aliphatic heterocycles. The maximum absolute atomic E-state index is 14.7. The van der Waals surface area contributed by atoms with E-state index in [9.17, 15) is 9.59 Å². The molecule has 1 N–H and O–H groups in total. The van der Waals surface area contributed by atoms with Gasteiger partial charge in [0.2, 0.25) is 5.91 Å². The molecule has 10 heteroatoms. The molecule has 3 aromatic carbocycles. The number of hydrogen-bond donors (Lipinski definition) is 1. The van der Waals surface area contributed by atoms with E-state index in [1.165, 1.54) is 11.8 Å². The SMILES string of the molecule is O=C1C[C@@](Sc2ccc(Cl)cc2)(C(=O)CCCCN2CCOCC2)[C@H](c2c[nH]c3cc(Cl)ccc23)N1Cc1ccc(Cl)cc1. The molecule has 2 aliphatic rings. The Kier molecular flexibility index (Phi) is 9.91. The fourth-order valence-electron chi connectivity index (χ4n) is 6.32. The Hall–Kier alpha value is -2.52. The van der Waals surface area contributed by atoms with Crippen LogP contribution in [0.3, 0.4) is 0 Å². The van der Waals surface area contributed by atoms with Crippen LogP contribution < -0.4 is 0 Å². The van der Waals surface area contributed by atoms with Crippen molar-refractivity contribution in [2.24, 2.45) is 0 Å². The highest BCUT2D eigenvalue weighted by molar-refractivity contribution is 8.01. The summed E-state index contributed by atoms with van der Waals surface area (Å²) < 4.78 is 4.43. The average molecular weight is 671 g/mol. The number of carbonyl (C=O) groups is 2. The molecule has 0 spiro atoms. The summed E-state index contributed by atoms with van der Waals surface area (Å²) >= 11 is 20.2. The zero-order chi connectivity index (χ0) is 30.7. The second-order valence-corrected chi connectivity index (χ2v) is 14.2. The molecule has 3 heterocycles. The van der Waals surface area contributed by atoms with Crippen LogP contribution in [0.15, 0.2) is 77.8 Å². The van der Waals surface area contributed by atoms with Crippen LogP contribution in [0, 0.1) is 0 Å². The van der Waals surface area contributed by atoms with Gasteiger partial charge in [-0.2, -0.15) is 0 Å². The van der Waals surface area contributed by atoms with Gasteiger partial charge in [-0.25, -0.2) is 0 Å². The smallest absolute Gasteiger partial charge is 0.225 e. The van der Waals surface area contributed by atoms with Gasteiger partial charge >= 0.3 is 0 Å². The van der Waals surface area contributed by atoms with Crippen molar-refractivity contribution in [2.45, 2.75) is 47.9 Å². The molecule has 0 aliphatic carbocycles. The quantitative estimate of drug-likeness (QED) is 0.163. The number of ether oxygens (including phenoxy) is 1. The van der Waals surface area contributed by atoms with E-state index in [0.717, 1.165) is 72.6 Å². The average Bonchev–Trinajstić information content (AvgIpc) is 3.55. The Balaban J connectivity index is 1.39. The van der Waals surface area contributed by atoms with Crippen LogP contribution in [0.4, 0.5) is 0 Å². The summed E-state index contributed by atoms with van der Waals surface area (Å²) in [6, 6.07) is 20.2. The third-order valence-electron chi connectivity index (χ3n) is 8.54. The first kappa shape index (κ1) is 31.5. The Morgan fingerprint density at radius 1 is 0.932 bits per heavy atom. The number of thioether (sulfide) groups is 1. The van der Waals surface area contributed by atoms with Crippen LogP contribution >= 0.6 is 46.6 Å². The van der Waals surface area contributed by atoms with Crippen molar-refractivity contribution in [1.82, 2.24) is 14.8 Å². The molecule has 0 saturated carbocycles. The van der Waals surface area contributed by atoms with Gasteiger partial charge in [0.1, 0.15) is 4.75 Å². The number of likely N-dealkylation sites (tertiary alicyclic amines) is 1. The molecule has 0 bridgehead atoms. The topological polar surface area (TPSA) is 65.6 Å². The number of aromatic amines is 1. The first-order chi connectivity index (χ1) is 21.3. The maximum Gasteiger partial charge on any atom is 0.225 e. The van der Waals surface area contributed by atoms with Crippen LogP contribution in [0.25, 0.3) is 10.9 Å². The van der Waals surface area contributed by atoms with Crippen LogP contribution in [0.2, 0.25) is 15.1 Å². The number of morpholine rings is 1. The number of nitrogens with one attached hydrogen (secondary N) is 1. The molecule has 6 nitrogen and oxygen atoms in total. The Labute approximate surface area is 277 Å². The van der Waals surface area contributed by atoms with Gasteiger partial charge < -0.3 is 14.6 Å². The predicted octanol–water partition coefficient (Wildman–Crippen LogP) is 8.20. The summed E-state index contributed by atoms with van der Waals surface area (Å²) in [6.07, 6.45) is 4.08. The van der Waals surface area contributed by atoms with Gasteiger partial charge in [0.15, 0.2) is 5.78 Å². The summed E-state index contributed by atoms with van der Waals surface area (Å²) in [4.78, 5) is 37.3. The van der Waals surface area contributed by atoms with Gasteiger partial charge in [-0.15, -0.1) is 11.8 Å². The third-order valence-corrected chi connectivity index (χ3v) is 10.7. The Morgan fingerprint density at radius 3 is 2.34 bits per heavy atom. The highest BCUT2D eigenvalue weighted by atomic mass is 35.5. The van der Waals surface area contributed by atoms with Crippen LogP contribution in [0.5, 0.6) is 0 Å². The number of Topliss-reactive ketones (excluding diaryl/α,β-unsaturated/α-hetero) is 1. The minimum Gasteiger partial charge on any atom is -0.379 e. The van der Waals surface area contributed by atoms with Crippen molar-refractivity contribution in [3.63, 3.8) is 0 Å². The number of halogens is 3. The summed E-state index contributed by atoms with van der Waals surface area (Å²) in [6.45, 7) is 4.64. The monoisotopic (exact) mass is 669 g/mol. The predicted molar refractivity (Wildman–Crippen MR) is 179 cm³/mol. The second-order valence-electron chi connectivity index (χ2n) is 11.4. The van der Waals surface area contributed by atoms with Gasteiger partial charge in [-0.1, -0.05) is 53.0 Å². The van der Waals surface area contributed by atoms with Gasteiger partial charge in [-0.3, -0.25) is 14.5 Å². The molecule has 1 aromatic heterocycles. The number of unbranched alkanes of at least 4 members (excludes halogenated alkanes) is 1. The molecule has 230 valence electrons. The van der Waals surface area contributed by atoms with Crippen molar-refractivity contribution in [2.75, 3.05) is 32.8 Å².